The summed E-state index contributed by atoms with van der Waals surface area (Å²) < 4.78 is 1.12. The van der Waals surface area contributed by atoms with Crippen molar-refractivity contribution in [2.75, 3.05) is 0 Å². The first-order valence-electron chi connectivity index (χ1n) is 3.25. The number of thiophene rings is 2. The van der Waals surface area contributed by atoms with E-state index in [-0.39, 0.29) is 0 Å². The molecule has 0 aliphatic carbocycles. The molecule has 0 aliphatic heterocycles. The maximum atomic E-state index is 6.00. The summed E-state index contributed by atoms with van der Waals surface area (Å²) in [6.07, 6.45) is 0. The molecule has 12 heavy (non-hydrogen) atoms. The van der Waals surface area contributed by atoms with Gasteiger partial charge in [0.05, 0.1) is 14.8 Å². The number of halogens is 2. The monoisotopic (exact) mass is 278 g/mol. The molecular formula is C8H4BrClS2. The minimum Gasteiger partial charge on any atom is -0.142 e. The quantitative estimate of drug-likeness (QED) is 0.697. The molecule has 0 unspecified atom stereocenters. The Balaban J connectivity index is 2.57. The van der Waals surface area contributed by atoms with Gasteiger partial charge in [-0.1, -0.05) is 11.6 Å². The fourth-order valence-electron chi connectivity index (χ4n) is 0.912. The first-order chi connectivity index (χ1) is 5.79. The third-order valence-corrected chi connectivity index (χ3v) is 4.78. The Morgan fingerprint density at radius 2 is 1.75 bits per heavy atom. The van der Waals surface area contributed by atoms with E-state index in [1.54, 1.807) is 22.7 Å². The molecule has 0 saturated carbocycles. The van der Waals surface area contributed by atoms with E-state index >= 15 is 0 Å². The van der Waals surface area contributed by atoms with Crippen molar-refractivity contribution in [1.82, 2.24) is 0 Å². The molecule has 0 saturated heterocycles. The van der Waals surface area contributed by atoms with Gasteiger partial charge in [0, 0.05) is 4.47 Å². The van der Waals surface area contributed by atoms with Gasteiger partial charge >= 0.3 is 0 Å². The summed E-state index contributed by atoms with van der Waals surface area (Å²) >= 11 is 12.9. The second-order valence-corrected chi connectivity index (χ2v) is 5.29. The molecule has 62 valence electrons. The van der Waals surface area contributed by atoms with Crippen LogP contribution in [0.5, 0.6) is 0 Å². The lowest BCUT2D eigenvalue weighted by atomic mass is 10.4. The Labute approximate surface area is 91.9 Å². The largest absolute Gasteiger partial charge is 0.142 e. The van der Waals surface area contributed by atoms with E-state index in [0.29, 0.717) is 0 Å². The van der Waals surface area contributed by atoms with Gasteiger partial charge < -0.3 is 0 Å². The Kier molecular flexibility index (Phi) is 2.55. The minimum atomic E-state index is 0.836. The van der Waals surface area contributed by atoms with Gasteiger partial charge in [-0.15, -0.1) is 22.7 Å². The smallest absolute Gasteiger partial charge is 0.0640 e. The van der Waals surface area contributed by atoms with E-state index in [0.717, 1.165) is 14.4 Å². The van der Waals surface area contributed by atoms with Gasteiger partial charge in [0.25, 0.3) is 0 Å². The van der Waals surface area contributed by atoms with E-state index in [2.05, 4.69) is 21.3 Å². The molecule has 0 nitrogen and oxygen atoms in total. The molecule has 2 heterocycles. The van der Waals surface area contributed by atoms with E-state index in [9.17, 15) is 0 Å². The highest BCUT2D eigenvalue weighted by atomic mass is 79.9. The summed E-state index contributed by atoms with van der Waals surface area (Å²) in [7, 11) is 0. The molecule has 0 amide bonds. The molecule has 2 rings (SSSR count). The summed E-state index contributed by atoms with van der Waals surface area (Å²) in [6.45, 7) is 0. The molecule has 0 bridgehead atoms. The Morgan fingerprint density at radius 1 is 1.08 bits per heavy atom. The van der Waals surface area contributed by atoms with Gasteiger partial charge in [0.1, 0.15) is 0 Å². The Morgan fingerprint density at radius 3 is 2.25 bits per heavy atom. The third kappa shape index (κ3) is 1.46. The highest BCUT2D eigenvalue weighted by molar-refractivity contribution is 9.10. The van der Waals surface area contributed by atoms with Crippen molar-refractivity contribution in [3.63, 3.8) is 0 Å². The summed E-state index contributed by atoms with van der Waals surface area (Å²) in [5.41, 5.74) is 0. The average molecular weight is 280 g/mol. The van der Waals surface area contributed by atoms with Crippen molar-refractivity contribution in [1.29, 1.82) is 0 Å². The van der Waals surface area contributed by atoms with Crippen LogP contribution in [0.1, 0.15) is 0 Å². The lowest BCUT2D eigenvalue weighted by Crippen LogP contribution is -1.64. The number of rotatable bonds is 1. The van der Waals surface area contributed by atoms with E-state index in [1.807, 2.05) is 17.5 Å². The maximum Gasteiger partial charge on any atom is 0.0640 e. The van der Waals surface area contributed by atoms with Gasteiger partial charge in [-0.2, -0.15) is 0 Å². The Bertz CT molecular complexity index is 353. The predicted octanol–water partition coefficient (Wildman–Crippen LogP) is 4.89. The van der Waals surface area contributed by atoms with E-state index in [1.165, 1.54) is 4.88 Å². The summed E-state index contributed by atoms with van der Waals surface area (Å²) in [6, 6.07) is 3.96. The highest BCUT2D eigenvalue weighted by Crippen LogP contribution is 2.40. The second kappa shape index (κ2) is 3.50. The van der Waals surface area contributed by atoms with Crippen molar-refractivity contribution in [2.24, 2.45) is 0 Å². The van der Waals surface area contributed by atoms with Crippen LogP contribution in [0, 0.1) is 0 Å². The van der Waals surface area contributed by atoms with Gasteiger partial charge in [-0.3, -0.25) is 0 Å². The van der Waals surface area contributed by atoms with Crippen molar-refractivity contribution < 1.29 is 0 Å². The highest BCUT2D eigenvalue weighted by Gasteiger charge is 2.09. The van der Waals surface area contributed by atoms with Crippen molar-refractivity contribution in [3.8, 4) is 9.75 Å². The van der Waals surface area contributed by atoms with Crippen LogP contribution < -0.4 is 0 Å². The fraction of sp³-hybridized carbons (Fsp3) is 0. The fourth-order valence-corrected chi connectivity index (χ4v) is 4.01. The molecular weight excluding hydrogens is 276 g/mol. The summed E-state index contributed by atoms with van der Waals surface area (Å²) in [5.74, 6) is 0. The average Bonchev–Trinajstić information content (AvgIpc) is 2.59. The first kappa shape index (κ1) is 8.75. The maximum absolute atomic E-state index is 6.00. The third-order valence-electron chi connectivity index (χ3n) is 1.44. The molecule has 0 N–H and O–H groups in total. The van der Waals surface area contributed by atoms with Crippen molar-refractivity contribution >= 4 is 50.2 Å². The zero-order chi connectivity index (χ0) is 8.55. The van der Waals surface area contributed by atoms with Gasteiger partial charge in [-0.25, -0.2) is 0 Å². The van der Waals surface area contributed by atoms with Crippen LogP contribution in [0.15, 0.2) is 27.4 Å². The molecule has 0 aliphatic rings. The molecule has 4 heteroatoms. The zero-order valence-corrected chi connectivity index (χ0v) is 9.86. The zero-order valence-electron chi connectivity index (χ0n) is 5.88. The van der Waals surface area contributed by atoms with Gasteiger partial charge in [0.15, 0.2) is 0 Å². The minimum absolute atomic E-state index is 0.836. The van der Waals surface area contributed by atoms with Gasteiger partial charge in [0.2, 0.25) is 0 Å². The summed E-state index contributed by atoms with van der Waals surface area (Å²) in [4.78, 5) is 2.37. The van der Waals surface area contributed by atoms with E-state index < -0.39 is 0 Å². The van der Waals surface area contributed by atoms with Crippen LogP contribution in [0.4, 0.5) is 0 Å². The van der Waals surface area contributed by atoms with Crippen LogP contribution in [0.2, 0.25) is 5.02 Å². The number of hydrogen-bond donors (Lipinski definition) is 0. The van der Waals surface area contributed by atoms with Crippen molar-refractivity contribution in [3.05, 3.63) is 32.4 Å². The topological polar surface area (TPSA) is 0 Å². The SMILES string of the molecule is Clc1ccsc1-c1sccc1Br. The molecule has 2 aromatic rings. The first-order valence-corrected chi connectivity index (χ1v) is 6.18. The molecule has 0 spiro atoms. The Hall–Kier alpha value is 0.170. The van der Waals surface area contributed by atoms with Crippen LogP contribution in [-0.4, -0.2) is 0 Å². The van der Waals surface area contributed by atoms with Crippen LogP contribution in [0.3, 0.4) is 0 Å². The second-order valence-electron chi connectivity index (χ2n) is 2.20. The van der Waals surface area contributed by atoms with Gasteiger partial charge in [-0.05, 0) is 38.8 Å². The van der Waals surface area contributed by atoms with Crippen LogP contribution in [-0.2, 0) is 0 Å². The van der Waals surface area contributed by atoms with Crippen molar-refractivity contribution in [2.45, 2.75) is 0 Å². The summed E-state index contributed by atoms with van der Waals surface area (Å²) in [5, 5.41) is 4.89. The molecule has 0 aromatic carbocycles. The lowest BCUT2D eigenvalue weighted by Gasteiger charge is -1.93. The molecule has 2 aromatic heterocycles. The molecule has 0 radical (unpaired) electrons. The van der Waals surface area contributed by atoms with Crippen LogP contribution in [0.25, 0.3) is 9.75 Å². The lowest BCUT2D eigenvalue weighted by molar-refractivity contribution is 1.85. The molecule has 0 fully saturated rings. The molecule has 0 atom stereocenters. The van der Waals surface area contributed by atoms with E-state index in [4.69, 9.17) is 11.6 Å². The predicted molar refractivity (Wildman–Crippen MR) is 60.3 cm³/mol. The number of hydrogen-bond acceptors (Lipinski definition) is 2. The van der Waals surface area contributed by atoms with Crippen LogP contribution >= 0.6 is 50.2 Å². The normalized spacial score (nSPS) is 10.5. The standard InChI is InChI=1S/C8H4BrClS2/c9-5-1-3-11-7(5)8-6(10)2-4-12-8/h1-4H.